The maximum atomic E-state index is 11.7. The molecule has 0 aliphatic carbocycles. The van der Waals surface area contributed by atoms with Crippen molar-refractivity contribution in [1.82, 2.24) is 10.2 Å². The van der Waals surface area contributed by atoms with Crippen molar-refractivity contribution in [3.8, 4) is 0 Å². The second kappa shape index (κ2) is 8.42. The highest BCUT2D eigenvalue weighted by Gasteiger charge is 2.25. The lowest BCUT2D eigenvalue weighted by molar-refractivity contribution is -0.128. The SMILES string of the molecule is COCCCNC(=O)CN1CC(C)OC(CO)C1. The van der Waals surface area contributed by atoms with Gasteiger partial charge in [-0.15, -0.1) is 0 Å². The van der Waals surface area contributed by atoms with E-state index in [0.29, 0.717) is 26.2 Å². The van der Waals surface area contributed by atoms with Gasteiger partial charge in [-0.3, -0.25) is 9.69 Å². The smallest absolute Gasteiger partial charge is 0.234 e. The number of aliphatic hydroxyl groups excluding tert-OH is 1. The highest BCUT2D eigenvalue weighted by molar-refractivity contribution is 5.77. The van der Waals surface area contributed by atoms with Crippen LogP contribution in [0.2, 0.25) is 0 Å². The van der Waals surface area contributed by atoms with Crippen LogP contribution in [0, 0.1) is 0 Å². The van der Waals surface area contributed by atoms with Crippen molar-refractivity contribution in [2.45, 2.75) is 25.6 Å². The van der Waals surface area contributed by atoms with E-state index in [4.69, 9.17) is 14.6 Å². The Morgan fingerprint density at radius 3 is 3.00 bits per heavy atom. The summed E-state index contributed by atoms with van der Waals surface area (Å²) in [6.45, 7) is 4.92. The maximum Gasteiger partial charge on any atom is 0.234 e. The second-order valence-electron chi connectivity index (χ2n) is 4.64. The molecule has 6 nitrogen and oxygen atoms in total. The Morgan fingerprint density at radius 2 is 2.33 bits per heavy atom. The van der Waals surface area contributed by atoms with Gasteiger partial charge in [-0.25, -0.2) is 0 Å². The van der Waals surface area contributed by atoms with E-state index < -0.39 is 0 Å². The van der Waals surface area contributed by atoms with Crippen LogP contribution in [0.4, 0.5) is 0 Å². The van der Waals surface area contributed by atoms with E-state index in [-0.39, 0.29) is 24.7 Å². The highest BCUT2D eigenvalue weighted by atomic mass is 16.5. The molecule has 2 atom stereocenters. The van der Waals surface area contributed by atoms with Crippen LogP contribution in [-0.4, -0.2) is 74.6 Å². The van der Waals surface area contributed by atoms with Gasteiger partial charge < -0.3 is 19.9 Å². The summed E-state index contributed by atoms with van der Waals surface area (Å²) in [7, 11) is 1.64. The van der Waals surface area contributed by atoms with Gasteiger partial charge in [0.1, 0.15) is 0 Å². The minimum Gasteiger partial charge on any atom is -0.394 e. The quantitative estimate of drug-likeness (QED) is 0.588. The molecule has 2 N–H and O–H groups in total. The molecular formula is C12H24N2O4. The van der Waals surface area contributed by atoms with E-state index in [1.807, 2.05) is 11.8 Å². The number of rotatable bonds is 7. The number of nitrogens with zero attached hydrogens (tertiary/aromatic N) is 1. The zero-order valence-corrected chi connectivity index (χ0v) is 11.2. The van der Waals surface area contributed by atoms with Crippen LogP contribution in [0.25, 0.3) is 0 Å². The molecule has 2 unspecified atom stereocenters. The summed E-state index contributed by atoms with van der Waals surface area (Å²) in [6, 6.07) is 0. The molecule has 1 aliphatic rings. The lowest BCUT2D eigenvalue weighted by Crippen LogP contribution is -2.51. The van der Waals surface area contributed by atoms with E-state index >= 15 is 0 Å². The van der Waals surface area contributed by atoms with E-state index in [1.165, 1.54) is 0 Å². The van der Waals surface area contributed by atoms with Crippen molar-refractivity contribution < 1.29 is 19.4 Å². The van der Waals surface area contributed by atoms with Gasteiger partial charge in [0, 0.05) is 33.4 Å². The van der Waals surface area contributed by atoms with Gasteiger partial charge in [-0.2, -0.15) is 0 Å². The molecule has 1 aliphatic heterocycles. The molecule has 1 amide bonds. The number of hydrogen-bond acceptors (Lipinski definition) is 5. The summed E-state index contributed by atoms with van der Waals surface area (Å²) in [5, 5.41) is 11.9. The number of carbonyl (C=O) groups excluding carboxylic acids is 1. The minimum atomic E-state index is -0.185. The average molecular weight is 260 g/mol. The van der Waals surface area contributed by atoms with E-state index in [0.717, 1.165) is 13.0 Å². The highest BCUT2D eigenvalue weighted by Crippen LogP contribution is 2.10. The molecule has 0 radical (unpaired) electrons. The summed E-state index contributed by atoms with van der Waals surface area (Å²) in [6.07, 6.45) is 0.688. The minimum absolute atomic E-state index is 0.00367. The first-order chi connectivity index (χ1) is 8.65. The molecule has 6 heteroatoms. The van der Waals surface area contributed by atoms with Crippen molar-refractivity contribution in [3.05, 3.63) is 0 Å². The van der Waals surface area contributed by atoms with Gasteiger partial charge in [0.05, 0.1) is 25.4 Å². The topological polar surface area (TPSA) is 71.0 Å². The second-order valence-corrected chi connectivity index (χ2v) is 4.64. The lowest BCUT2D eigenvalue weighted by Gasteiger charge is -2.35. The molecule has 106 valence electrons. The summed E-state index contributed by atoms with van der Waals surface area (Å²) in [5.74, 6) is 0.0110. The van der Waals surface area contributed by atoms with E-state index in [1.54, 1.807) is 7.11 Å². The number of nitrogens with one attached hydrogen (secondary N) is 1. The van der Waals surface area contributed by atoms with Crippen molar-refractivity contribution in [1.29, 1.82) is 0 Å². The van der Waals surface area contributed by atoms with Gasteiger partial charge in [0.15, 0.2) is 0 Å². The van der Waals surface area contributed by atoms with Crippen LogP contribution in [0.15, 0.2) is 0 Å². The first kappa shape index (κ1) is 15.4. The van der Waals surface area contributed by atoms with Gasteiger partial charge >= 0.3 is 0 Å². The Balaban J connectivity index is 2.21. The Labute approximate surface area is 108 Å². The zero-order chi connectivity index (χ0) is 13.4. The molecule has 0 bridgehead atoms. The van der Waals surface area contributed by atoms with Crippen LogP contribution in [0.3, 0.4) is 0 Å². The summed E-state index contributed by atoms with van der Waals surface area (Å²) >= 11 is 0. The number of morpholine rings is 1. The number of carbonyl (C=O) groups is 1. The van der Waals surface area contributed by atoms with Crippen molar-refractivity contribution in [3.63, 3.8) is 0 Å². The number of hydrogen-bond donors (Lipinski definition) is 2. The predicted octanol–water partition coefficient (Wildman–Crippen LogP) is -0.779. The summed E-state index contributed by atoms with van der Waals surface area (Å²) in [5.41, 5.74) is 0. The average Bonchev–Trinajstić information content (AvgIpc) is 2.34. The van der Waals surface area contributed by atoms with Gasteiger partial charge in [-0.1, -0.05) is 0 Å². The Hall–Kier alpha value is -0.690. The Kier molecular flexibility index (Phi) is 7.19. The Bertz CT molecular complexity index is 250. The number of methoxy groups -OCH3 is 1. The molecule has 1 rings (SSSR count). The molecule has 1 fully saturated rings. The molecule has 0 aromatic heterocycles. The number of amides is 1. The molecule has 0 spiro atoms. The third kappa shape index (κ3) is 5.77. The fourth-order valence-corrected chi connectivity index (χ4v) is 2.07. The van der Waals surface area contributed by atoms with Crippen LogP contribution in [0.5, 0.6) is 0 Å². The maximum absolute atomic E-state index is 11.7. The van der Waals surface area contributed by atoms with Crippen LogP contribution < -0.4 is 5.32 Å². The summed E-state index contributed by atoms with van der Waals surface area (Å²) < 4.78 is 10.4. The normalized spacial score (nSPS) is 25.1. The molecule has 18 heavy (non-hydrogen) atoms. The van der Waals surface area contributed by atoms with E-state index in [9.17, 15) is 4.79 Å². The van der Waals surface area contributed by atoms with Crippen molar-refractivity contribution >= 4 is 5.91 Å². The third-order valence-electron chi connectivity index (χ3n) is 2.82. The van der Waals surface area contributed by atoms with Gasteiger partial charge in [-0.05, 0) is 13.3 Å². The monoisotopic (exact) mass is 260 g/mol. The predicted molar refractivity (Wildman–Crippen MR) is 67.4 cm³/mol. The Morgan fingerprint density at radius 1 is 1.56 bits per heavy atom. The molecule has 1 saturated heterocycles. The molecule has 0 aromatic rings. The van der Waals surface area contributed by atoms with Crippen LogP contribution in [0.1, 0.15) is 13.3 Å². The van der Waals surface area contributed by atoms with Crippen LogP contribution in [-0.2, 0) is 14.3 Å². The first-order valence-corrected chi connectivity index (χ1v) is 6.40. The van der Waals surface area contributed by atoms with Crippen molar-refractivity contribution in [2.75, 3.05) is 46.5 Å². The van der Waals surface area contributed by atoms with Crippen molar-refractivity contribution in [2.24, 2.45) is 0 Å². The molecule has 0 aromatic carbocycles. The van der Waals surface area contributed by atoms with Gasteiger partial charge in [0.2, 0.25) is 5.91 Å². The van der Waals surface area contributed by atoms with Gasteiger partial charge in [0.25, 0.3) is 0 Å². The van der Waals surface area contributed by atoms with Crippen LogP contribution >= 0.6 is 0 Å². The standard InChI is InChI=1S/C12H24N2O4/c1-10-6-14(7-11(9-15)18-10)8-12(16)13-4-3-5-17-2/h10-11,15H,3-9H2,1-2H3,(H,13,16). The molecule has 0 saturated carbocycles. The van der Waals surface area contributed by atoms with E-state index in [2.05, 4.69) is 5.32 Å². The fraction of sp³-hybridized carbons (Fsp3) is 0.917. The summed E-state index contributed by atoms with van der Waals surface area (Å²) in [4.78, 5) is 13.7. The molecular weight excluding hydrogens is 236 g/mol. The third-order valence-corrected chi connectivity index (χ3v) is 2.82. The largest absolute Gasteiger partial charge is 0.394 e. The number of ether oxygens (including phenoxy) is 2. The zero-order valence-electron chi connectivity index (χ0n) is 11.2. The first-order valence-electron chi connectivity index (χ1n) is 6.40. The fourth-order valence-electron chi connectivity index (χ4n) is 2.07. The molecule has 1 heterocycles. The number of aliphatic hydroxyl groups is 1. The lowest BCUT2D eigenvalue weighted by atomic mass is 10.2.